The summed E-state index contributed by atoms with van der Waals surface area (Å²) in [6.45, 7) is 0.296. The minimum Gasteiger partial charge on any atom is -0.497 e. The Morgan fingerprint density at radius 2 is 1.96 bits per heavy atom. The van der Waals surface area contributed by atoms with Crippen LogP contribution < -0.4 is 14.8 Å². The molecule has 2 rings (SSSR count). The Hall–Kier alpha value is -1.95. The highest BCUT2D eigenvalue weighted by Crippen LogP contribution is 2.27. The van der Waals surface area contributed by atoms with Crippen molar-refractivity contribution in [3.8, 4) is 11.5 Å². The van der Waals surface area contributed by atoms with E-state index in [9.17, 15) is 4.79 Å². The number of ether oxygens (including phenoxy) is 2. The molecule has 0 aliphatic heterocycles. The van der Waals surface area contributed by atoms with Crippen LogP contribution in [0.3, 0.4) is 0 Å². The van der Waals surface area contributed by atoms with Crippen LogP contribution in [0.2, 0.25) is 10.0 Å². The van der Waals surface area contributed by atoms with Crippen molar-refractivity contribution in [1.29, 1.82) is 0 Å². The molecule has 0 aromatic heterocycles. The van der Waals surface area contributed by atoms with Gasteiger partial charge in [0, 0.05) is 17.6 Å². The molecule has 26 heavy (non-hydrogen) atoms. The number of rotatable bonds is 8. The third-order valence-electron chi connectivity index (χ3n) is 3.85. The smallest absolute Gasteiger partial charge is 0.258 e. The van der Waals surface area contributed by atoms with Crippen LogP contribution >= 0.6 is 23.2 Å². The second-order valence-electron chi connectivity index (χ2n) is 5.92. The number of nitrogens with zero attached hydrogens (tertiary/aromatic N) is 1. The van der Waals surface area contributed by atoms with E-state index in [4.69, 9.17) is 32.7 Å². The number of carbonyl (C=O) groups excluding carboxylic acids is 1. The van der Waals surface area contributed by atoms with E-state index >= 15 is 0 Å². The fourth-order valence-corrected chi connectivity index (χ4v) is 2.77. The lowest BCUT2D eigenvalue weighted by atomic mass is 10.1. The summed E-state index contributed by atoms with van der Waals surface area (Å²) in [5, 5.41) is 3.78. The molecule has 0 saturated heterocycles. The molecule has 7 heteroatoms. The molecule has 1 amide bonds. The summed E-state index contributed by atoms with van der Waals surface area (Å²) in [5.74, 6) is 0.918. The number of methoxy groups -OCH3 is 1. The molecule has 0 radical (unpaired) electrons. The van der Waals surface area contributed by atoms with Crippen LogP contribution in [0.1, 0.15) is 11.6 Å². The molecule has 0 spiro atoms. The van der Waals surface area contributed by atoms with Gasteiger partial charge >= 0.3 is 0 Å². The quantitative estimate of drug-likeness (QED) is 0.736. The lowest BCUT2D eigenvalue weighted by Crippen LogP contribution is -2.36. The Morgan fingerprint density at radius 3 is 2.65 bits per heavy atom. The van der Waals surface area contributed by atoms with Gasteiger partial charge in [-0.15, -0.1) is 0 Å². The number of hydrogen-bond acceptors (Lipinski definition) is 4. The fraction of sp³-hybridized carbons (Fsp3) is 0.316. The molecule has 1 unspecified atom stereocenters. The minimum absolute atomic E-state index is 0.00353. The van der Waals surface area contributed by atoms with Gasteiger partial charge in [-0.2, -0.15) is 0 Å². The van der Waals surface area contributed by atoms with Gasteiger partial charge in [0.1, 0.15) is 11.5 Å². The van der Waals surface area contributed by atoms with Crippen LogP contribution in [0.5, 0.6) is 11.5 Å². The van der Waals surface area contributed by atoms with E-state index in [1.54, 1.807) is 25.3 Å². The Morgan fingerprint density at radius 1 is 1.19 bits per heavy atom. The summed E-state index contributed by atoms with van der Waals surface area (Å²) in [4.78, 5) is 14.2. The number of likely N-dealkylation sites (N-methyl/N-ethyl adjacent to an activating group) is 1. The predicted octanol–water partition coefficient (Wildman–Crippen LogP) is 3.80. The molecule has 5 nitrogen and oxygen atoms in total. The van der Waals surface area contributed by atoms with Crippen molar-refractivity contribution < 1.29 is 14.3 Å². The molecule has 0 bridgehead atoms. The number of benzene rings is 2. The largest absolute Gasteiger partial charge is 0.497 e. The van der Waals surface area contributed by atoms with Gasteiger partial charge in [-0.1, -0.05) is 35.3 Å². The maximum Gasteiger partial charge on any atom is 0.258 e. The van der Waals surface area contributed by atoms with E-state index in [0.29, 0.717) is 22.3 Å². The van der Waals surface area contributed by atoms with Crippen LogP contribution in [-0.4, -0.2) is 45.2 Å². The van der Waals surface area contributed by atoms with Gasteiger partial charge in [0.05, 0.1) is 18.2 Å². The predicted molar refractivity (Wildman–Crippen MR) is 104 cm³/mol. The Balaban J connectivity index is 1.93. The van der Waals surface area contributed by atoms with Crippen LogP contribution in [0, 0.1) is 0 Å². The van der Waals surface area contributed by atoms with Crippen molar-refractivity contribution in [2.75, 3.05) is 34.4 Å². The molecule has 0 heterocycles. The molecule has 0 saturated carbocycles. The first-order valence-electron chi connectivity index (χ1n) is 8.05. The molecule has 1 N–H and O–H groups in total. The van der Waals surface area contributed by atoms with E-state index in [0.717, 1.165) is 11.3 Å². The van der Waals surface area contributed by atoms with Crippen molar-refractivity contribution in [2.24, 2.45) is 0 Å². The van der Waals surface area contributed by atoms with Gasteiger partial charge in [-0.05, 0) is 43.9 Å². The van der Waals surface area contributed by atoms with Crippen LogP contribution in [-0.2, 0) is 4.79 Å². The number of amides is 1. The average Bonchev–Trinajstić information content (AvgIpc) is 2.62. The molecule has 0 fully saturated rings. The van der Waals surface area contributed by atoms with Crippen molar-refractivity contribution in [3.63, 3.8) is 0 Å². The second-order valence-corrected chi connectivity index (χ2v) is 6.77. The van der Waals surface area contributed by atoms with Gasteiger partial charge in [0.15, 0.2) is 6.61 Å². The number of hydrogen-bond donors (Lipinski definition) is 1. The van der Waals surface area contributed by atoms with E-state index in [2.05, 4.69) is 5.32 Å². The summed E-state index contributed by atoms with van der Waals surface area (Å²) in [6.07, 6.45) is 0. The first-order valence-corrected chi connectivity index (χ1v) is 8.81. The molecule has 140 valence electrons. The highest BCUT2D eigenvalue weighted by molar-refractivity contribution is 6.34. The maximum absolute atomic E-state index is 12.1. The number of nitrogens with one attached hydrogen (secondary N) is 1. The Labute approximate surface area is 163 Å². The van der Waals surface area contributed by atoms with Crippen LogP contribution in [0.4, 0.5) is 0 Å². The lowest BCUT2D eigenvalue weighted by Gasteiger charge is -2.25. The fourth-order valence-electron chi connectivity index (χ4n) is 2.44. The van der Waals surface area contributed by atoms with Crippen molar-refractivity contribution in [3.05, 3.63) is 58.1 Å². The van der Waals surface area contributed by atoms with E-state index in [1.165, 1.54) is 0 Å². The maximum atomic E-state index is 12.1. The summed E-state index contributed by atoms with van der Waals surface area (Å²) < 4.78 is 10.7. The van der Waals surface area contributed by atoms with Crippen molar-refractivity contribution in [1.82, 2.24) is 10.2 Å². The number of halogens is 2. The Kier molecular flexibility index (Phi) is 7.57. The normalized spacial score (nSPS) is 11.9. The van der Waals surface area contributed by atoms with E-state index in [1.807, 2.05) is 43.3 Å². The van der Waals surface area contributed by atoms with E-state index in [-0.39, 0.29) is 18.6 Å². The highest BCUT2D eigenvalue weighted by Gasteiger charge is 2.16. The Bertz CT molecular complexity index is 753. The van der Waals surface area contributed by atoms with Crippen LogP contribution in [0.25, 0.3) is 0 Å². The highest BCUT2D eigenvalue weighted by atomic mass is 35.5. The summed E-state index contributed by atoms with van der Waals surface area (Å²) in [6, 6.07) is 12.6. The molecule has 1 atom stereocenters. The van der Waals surface area contributed by atoms with Gasteiger partial charge < -0.3 is 19.7 Å². The first kappa shape index (κ1) is 20.4. The molecule has 0 aliphatic carbocycles. The van der Waals surface area contributed by atoms with Crippen LogP contribution in [0.15, 0.2) is 42.5 Å². The lowest BCUT2D eigenvalue weighted by molar-refractivity contribution is -0.123. The van der Waals surface area contributed by atoms with Gasteiger partial charge in [0.25, 0.3) is 5.91 Å². The monoisotopic (exact) mass is 396 g/mol. The molecular weight excluding hydrogens is 375 g/mol. The zero-order valence-corrected chi connectivity index (χ0v) is 16.5. The third kappa shape index (κ3) is 5.80. The number of carbonyl (C=O) groups is 1. The van der Waals surface area contributed by atoms with Gasteiger partial charge in [-0.3, -0.25) is 4.79 Å². The topological polar surface area (TPSA) is 50.8 Å². The van der Waals surface area contributed by atoms with E-state index < -0.39 is 0 Å². The third-order valence-corrected chi connectivity index (χ3v) is 4.39. The zero-order chi connectivity index (χ0) is 19.1. The average molecular weight is 397 g/mol. The SMILES string of the molecule is COc1cccc(C(CNC(=O)COc2cc(Cl)ccc2Cl)N(C)C)c1. The second kappa shape index (κ2) is 9.67. The van der Waals surface area contributed by atoms with Crippen molar-refractivity contribution >= 4 is 29.1 Å². The molecular formula is C19H22Cl2N2O3. The minimum atomic E-state index is -0.240. The van der Waals surface area contributed by atoms with Gasteiger partial charge in [-0.25, -0.2) is 0 Å². The summed E-state index contributed by atoms with van der Waals surface area (Å²) >= 11 is 11.9. The van der Waals surface area contributed by atoms with Crippen molar-refractivity contribution in [2.45, 2.75) is 6.04 Å². The summed E-state index contributed by atoms with van der Waals surface area (Å²) in [5.41, 5.74) is 1.05. The molecule has 0 aliphatic rings. The molecule has 2 aromatic carbocycles. The molecule has 2 aromatic rings. The first-order chi connectivity index (χ1) is 12.4. The van der Waals surface area contributed by atoms with Gasteiger partial charge in [0.2, 0.25) is 0 Å². The summed E-state index contributed by atoms with van der Waals surface area (Å²) in [7, 11) is 5.54. The zero-order valence-electron chi connectivity index (χ0n) is 15.0. The standard InChI is InChI=1S/C19H22Cl2N2O3/c1-23(2)17(13-5-4-6-15(9-13)25-3)11-22-19(24)12-26-18-10-14(20)7-8-16(18)21/h4-10,17H,11-12H2,1-3H3,(H,22,24).